The molecule has 1 aliphatic heterocycles. The van der Waals surface area contributed by atoms with Gasteiger partial charge in [-0.1, -0.05) is 0 Å². The van der Waals surface area contributed by atoms with Gasteiger partial charge in [0, 0.05) is 18.7 Å². The van der Waals surface area contributed by atoms with E-state index in [-0.39, 0.29) is 34.9 Å². The van der Waals surface area contributed by atoms with Crippen LogP contribution in [0.1, 0.15) is 50.5 Å². The predicted molar refractivity (Wildman–Crippen MR) is 130 cm³/mol. The average Bonchev–Trinajstić information content (AvgIpc) is 2.78. The van der Waals surface area contributed by atoms with E-state index < -0.39 is 59.2 Å². The number of aliphatic hydroxyl groups is 1. The molecule has 2 aromatic rings. The number of alkyl carbamates (subject to hydrolysis) is 1. The first-order valence-corrected chi connectivity index (χ1v) is 11.8. The summed E-state index contributed by atoms with van der Waals surface area (Å²) < 4.78 is 33.0. The molecule has 0 spiro atoms. The highest BCUT2D eigenvalue weighted by molar-refractivity contribution is 5.99. The smallest absolute Gasteiger partial charge is 0.407 e. The van der Waals surface area contributed by atoms with Crippen LogP contribution in [0.25, 0.3) is 11.0 Å². The SMILES string of the molecule is CCOC(=O)c1c(O)c2ccc(O[C@@H]3OC(C)(C)[C@H](OC)[C@H](OC(=O)NC(C)C)[C@H]3O)c(C)c2oc1=O. The molecule has 204 valence electrons. The fraction of sp³-hybridized carbons (Fsp3) is 0.560. The van der Waals surface area contributed by atoms with E-state index in [9.17, 15) is 24.6 Å². The van der Waals surface area contributed by atoms with Crippen molar-refractivity contribution in [3.8, 4) is 11.5 Å². The topological polar surface area (TPSA) is 163 Å². The highest BCUT2D eigenvalue weighted by Crippen LogP contribution is 2.37. The van der Waals surface area contributed by atoms with Crippen molar-refractivity contribution < 1.29 is 47.9 Å². The van der Waals surface area contributed by atoms with E-state index in [2.05, 4.69) is 5.32 Å². The zero-order valence-corrected chi connectivity index (χ0v) is 21.8. The summed E-state index contributed by atoms with van der Waals surface area (Å²) in [7, 11) is 1.41. The summed E-state index contributed by atoms with van der Waals surface area (Å²) in [6.07, 6.45) is -5.48. The maximum atomic E-state index is 12.5. The molecule has 3 N–H and O–H groups in total. The van der Waals surface area contributed by atoms with Crippen molar-refractivity contribution in [3.05, 3.63) is 33.7 Å². The Hall–Kier alpha value is -3.35. The molecule has 4 atom stereocenters. The van der Waals surface area contributed by atoms with Gasteiger partial charge in [0.1, 0.15) is 23.2 Å². The second kappa shape index (κ2) is 11.0. The van der Waals surface area contributed by atoms with Crippen molar-refractivity contribution in [2.24, 2.45) is 0 Å². The molecule has 1 saturated heterocycles. The minimum atomic E-state index is -1.46. The second-order valence-corrected chi connectivity index (χ2v) is 9.42. The monoisotopic (exact) mass is 523 g/mol. The number of carbonyl (C=O) groups is 2. The summed E-state index contributed by atoms with van der Waals surface area (Å²) in [6, 6.07) is 2.65. The van der Waals surface area contributed by atoms with Crippen molar-refractivity contribution in [2.45, 2.75) is 77.8 Å². The van der Waals surface area contributed by atoms with Crippen molar-refractivity contribution >= 4 is 23.0 Å². The first kappa shape index (κ1) is 28.2. The molecule has 2 heterocycles. The summed E-state index contributed by atoms with van der Waals surface area (Å²) in [5.41, 5.74) is -2.48. The summed E-state index contributed by atoms with van der Waals surface area (Å²) in [6.45, 7) is 10.1. The Morgan fingerprint density at radius 1 is 1.24 bits per heavy atom. The molecule has 1 aromatic carbocycles. The Morgan fingerprint density at radius 3 is 2.51 bits per heavy atom. The van der Waals surface area contributed by atoms with Gasteiger partial charge in [-0.25, -0.2) is 14.4 Å². The number of methoxy groups -OCH3 is 1. The average molecular weight is 524 g/mol. The van der Waals surface area contributed by atoms with Gasteiger partial charge in [-0.3, -0.25) is 0 Å². The number of nitrogens with one attached hydrogen (secondary N) is 1. The predicted octanol–water partition coefficient (Wildman–Crippen LogP) is 2.38. The quantitative estimate of drug-likeness (QED) is 0.361. The molecule has 1 fully saturated rings. The number of hydrogen-bond acceptors (Lipinski definition) is 11. The lowest BCUT2D eigenvalue weighted by Gasteiger charge is -2.47. The van der Waals surface area contributed by atoms with Gasteiger partial charge in [-0.2, -0.15) is 0 Å². The van der Waals surface area contributed by atoms with E-state index in [0.717, 1.165) is 0 Å². The van der Waals surface area contributed by atoms with E-state index in [1.165, 1.54) is 19.2 Å². The molecule has 0 radical (unpaired) electrons. The third kappa shape index (κ3) is 5.65. The van der Waals surface area contributed by atoms with Crippen LogP contribution in [0.4, 0.5) is 4.79 Å². The Bertz CT molecular complexity index is 1220. The van der Waals surface area contributed by atoms with E-state index in [0.29, 0.717) is 0 Å². The lowest BCUT2D eigenvalue weighted by molar-refractivity contribution is -0.305. The van der Waals surface area contributed by atoms with Crippen molar-refractivity contribution in [3.63, 3.8) is 0 Å². The number of aromatic hydroxyl groups is 1. The molecule has 12 nitrogen and oxygen atoms in total. The summed E-state index contributed by atoms with van der Waals surface area (Å²) in [5.74, 6) is -1.43. The van der Waals surface area contributed by atoms with Crippen molar-refractivity contribution in [2.75, 3.05) is 13.7 Å². The van der Waals surface area contributed by atoms with Gasteiger partial charge < -0.3 is 43.6 Å². The molecule has 0 saturated carbocycles. The van der Waals surface area contributed by atoms with Crippen LogP contribution in [-0.2, 0) is 18.9 Å². The highest BCUT2D eigenvalue weighted by Gasteiger charge is 2.53. The zero-order chi connectivity index (χ0) is 27.7. The van der Waals surface area contributed by atoms with Crippen LogP contribution >= 0.6 is 0 Å². The maximum absolute atomic E-state index is 12.5. The van der Waals surface area contributed by atoms with Crippen LogP contribution in [0, 0.1) is 6.92 Å². The lowest BCUT2D eigenvalue weighted by Crippen LogP contribution is -2.65. The Labute approximate surface area is 213 Å². The summed E-state index contributed by atoms with van der Waals surface area (Å²) in [5, 5.41) is 24.3. The van der Waals surface area contributed by atoms with E-state index in [4.69, 9.17) is 28.1 Å². The third-order valence-corrected chi connectivity index (χ3v) is 5.89. The van der Waals surface area contributed by atoms with Gasteiger partial charge in [-0.05, 0) is 53.7 Å². The molecule has 1 aliphatic rings. The number of esters is 1. The molecule has 0 unspecified atom stereocenters. The largest absolute Gasteiger partial charge is 0.506 e. The number of ether oxygens (including phenoxy) is 5. The van der Waals surface area contributed by atoms with E-state index in [1.54, 1.807) is 41.5 Å². The maximum Gasteiger partial charge on any atom is 0.407 e. The first-order valence-electron chi connectivity index (χ1n) is 11.8. The normalized spacial score (nSPS) is 23.1. The number of benzene rings is 1. The molecule has 3 rings (SSSR count). The van der Waals surface area contributed by atoms with Gasteiger partial charge in [0.15, 0.2) is 17.8 Å². The fourth-order valence-corrected chi connectivity index (χ4v) is 4.20. The molecule has 1 aromatic heterocycles. The van der Waals surface area contributed by atoms with Crippen LogP contribution in [-0.4, -0.2) is 72.2 Å². The molecular formula is C25H33NO11. The number of rotatable bonds is 7. The van der Waals surface area contributed by atoms with Crippen molar-refractivity contribution in [1.29, 1.82) is 0 Å². The molecule has 37 heavy (non-hydrogen) atoms. The van der Waals surface area contributed by atoms with Gasteiger partial charge in [-0.15, -0.1) is 0 Å². The minimum absolute atomic E-state index is 0.00931. The van der Waals surface area contributed by atoms with Gasteiger partial charge >= 0.3 is 17.7 Å². The summed E-state index contributed by atoms with van der Waals surface area (Å²) in [4.78, 5) is 36.9. The second-order valence-electron chi connectivity index (χ2n) is 9.42. The number of carbonyl (C=O) groups excluding carboxylic acids is 2. The Balaban J connectivity index is 1.97. The van der Waals surface area contributed by atoms with Gasteiger partial charge in [0.2, 0.25) is 6.29 Å². The van der Waals surface area contributed by atoms with Gasteiger partial charge in [0.05, 0.1) is 17.6 Å². The van der Waals surface area contributed by atoms with Crippen molar-refractivity contribution in [1.82, 2.24) is 5.32 Å². The molecule has 1 amide bonds. The molecule has 0 aliphatic carbocycles. The zero-order valence-electron chi connectivity index (χ0n) is 21.8. The molecular weight excluding hydrogens is 490 g/mol. The first-order chi connectivity index (χ1) is 17.3. The van der Waals surface area contributed by atoms with E-state index >= 15 is 0 Å². The number of aryl methyl sites for hydroxylation is 1. The Kier molecular flexibility index (Phi) is 8.35. The van der Waals surface area contributed by atoms with Crippen LogP contribution < -0.4 is 15.7 Å². The molecule has 12 heteroatoms. The number of hydrogen-bond donors (Lipinski definition) is 3. The minimum Gasteiger partial charge on any atom is -0.506 e. The summed E-state index contributed by atoms with van der Waals surface area (Å²) >= 11 is 0. The third-order valence-electron chi connectivity index (χ3n) is 5.89. The standard InChI is InChI=1S/C25H33NO11/c1-8-33-21(29)15-16(27)13-9-10-14(12(4)18(13)35-22(15)30)34-23-17(28)19(36-24(31)26-11(2)3)20(32-7)25(5,6)37-23/h9-11,17,19-20,23,27-28H,8H2,1-7H3,(H,26,31)/t17-,19-,20-,23-/m1/s1. The number of amides is 1. The Morgan fingerprint density at radius 2 is 1.92 bits per heavy atom. The van der Waals surface area contributed by atoms with Crippen LogP contribution in [0.3, 0.4) is 0 Å². The van der Waals surface area contributed by atoms with Crippen LogP contribution in [0.5, 0.6) is 11.5 Å². The van der Waals surface area contributed by atoms with Crippen LogP contribution in [0.15, 0.2) is 21.3 Å². The van der Waals surface area contributed by atoms with Crippen LogP contribution in [0.2, 0.25) is 0 Å². The van der Waals surface area contributed by atoms with Gasteiger partial charge in [0.25, 0.3) is 0 Å². The lowest BCUT2D eigenvalue weighted by atomic mass is 9.89. The highest BCUT2D eigenvalue weighted by atomic mass is 16.7. The number of aliphatic hydroxyl groups excluding tert-OH is 1. The number of fused-ring (bicyclic) bond motifs is 1. The fourth-order valence-electron chi connectivity index (χ4n) is 4.20. The van der Waals surface area contributed by atoms with E-state index in [1.807, 2.05) is 0 Å². The molecule has 0 bridgehead atoms.